The number of benzene rings is 1. The minimum atomic E-state index is -4.77. The molecule has 2 aromatic rings. The lowest BCUT2D eigenvalue weighted by Crippen LogP contribution is -2.44. The van der Waals surface area contributed by atoms with Crippen LogP contribution in [0.3, 0.4) is 0 Å². The number of rotatable bonds is 7. The number of halogens is 3. The fraction of sp³-hybridized carbons (Fsp3) is 0.550. The number of anilines is 2. The quantitative estimate of drug-likeness (QED) is 0.732. The molecule has 0 amide bonds. The number of hydrogen-bond acceptors (Lipinski definition) is 6. The summed E-state index contributed by atoms with van der Waals surface area (Å²) in [5.74, 6) is 1.63. The van der Waals surface area contributed by atoms with Crippen LogP contribution >= 0.6 is 0 Å². The van der Waals surface area contributed by atoms with Crippen molar-refractivity contribution in [2.45, 2.75) is 58.0 Å². The molecule has 6 nitrogen and oxygen atoms in total. The summed E-state index contributed by atoms with van der Waals surface area (Å²) in [5, 5.41) is 0. The van der Waals surface area contributed by atoms with Crippen molar-refractivity contribution in [2.75, 3.05) is 10.6 Å². The first-order chi connectivity index (χ1) is 13.7. The van der Waals surface area contributed by atoms with Gasteiger partial charge < -0.3 is 15.4 Å². The van der Waals surface area contributed by atoms with Crippen molar-refractivity contribution in [3.63, 3.8) is 0 Å². The predicted molar refractivity (Wildman–Crippen MR) is 103 cm³/mol. The second kappa shape index (κ2) is 7.35. The number of ether oxygens (including phenoxy) is 1. The molecule has 0 aliphatic heterocycles. The predicted octanol–water partition coefficient (Wildman–Crippen LogP) is 4.42. The highest BCUT2D eigenvalue weighted by Crippen LogP contribution is 2.42. The van der Waals surface area contributed by atoms with Crippen LogP contribution in [0.15, 0.2) is 24.3 Å². The van der Waals surface area contributed by atoms with Crippen molar-refractivity contribution in [3.8, 4) is 17.1 Å². The van der Waals surface area contributed by atoms with E-state index >= 15 is 0 Å². The normalized spacial score (nSPS) is 18.9. The summed E-state index contributed by atoms with van der Waals surface area (Å²) in [6.45, 7) is 4.35. The Hall–Kier alpha value is -2.58. The lowest BCUT2D eigenvalue weighted by molar-refractivity contribution is -0.274. The second-order valence-corrected chi connectivity index (χ2v) is 7.96. The molecule has 156 valence electrons. The Balaban J connectivity index is 1.69. The van der Waals surface area contributed by atoms with E-state index in [0.29, 0.717) is 23.3 Å². The molecule has 4 rings (SSSR count). The summed E-state index contributed by atoms with van der Waals surface area (Å²) in [7, 11) is 0. The Labute approximate surface area is 167 Å². The van der Waals surface area contributed by atoms with E-state index in [9.17, 15) is 13.2 Å². The van der Waals surface area contributed by atoms with Gasteiger partial charge in [-0.05, 0) is 63.5 Å². The summed E-state index contributed by atoms with van der Waals surface area (Å²) in [6.07, 6.45) is -0.0463. The number of nitrogen functional groups attached to an aromatic ring is 1. The van der Waals surface area contributed by atoms with Crippen LogP contribution < -0.4 is 15.4 Å². The van der Waals surface area contributed by atoms with Crippen molar-refractivity contribution in [2.24, 2.45) is 11.8 Å². The van der Waals surface area contributed by atoms with Gasteiger partial charge in [-0.3, -0.25) is 0 Å². The van der Waals surface area contributed by atoms with E-state index in [4.69, 9.17) is 5.73 Å². The zero-order valence-corrected chi connectivity index (χ0v) is 16.4. The summed E-state index contributed by atoms with van der Waals surface area (Å²) in [5.41, 5.74) is 6.35. The van der Waals surface area contributed by atoms with E-state index in [1.807, 2.05) is 0 Å². The first-order valence-corrected chi connectivity index (χ1v) is 9.87. The minimum absolute atomic E-state index is 0.0446. The number of aromatic nitrogens is 3. The Kier molecular flexibility index (Phi) is 5.00. The average Bonchev–Trinajstić information content (AvgIpc) is 3.53. The van der Waals surface area contributed by atoms with Crippen LogP contribution in [-0.2, 0) is 0 Å². The zero-order chi connectivity index (χ0) is 20.8. The second-order valence-electron chi connectivity index (χ2n) is 7.96. The van der Waals surface area contributed by atoms with Gasteiger partial charge in [0.1, 0.15) is 5.75 Å². The first kappa shape index (κ1) is 19.7. The molecule has 0 bridgehead atoms. The van der Waals surface area contributed by atoms with Crippen molar-refractivity contribution < 1.29 is 17.9 Å². The molecule has 2 aliphatic carbocycles. The maximum atomic E-state index is 12.6. The van der Waals surface area contributed by atoms with Crippen molar-refractivity contribution >= 4 is 11.9 Å². The van der Waals surface area contributed by atoms with Gasteiger partial charge in [-0.15, -0.1) is 13.2 Å². The fourth-order valence-corrected chi connectivity index (χ4v) is 3.80. The van der Waals surface area contributed by atoms with Crippen molar-refractivity contribution in [1.29, 1.82) is 0 Å². The molecule has 0 unspecified atom stereocenters. The Bertz CT molecular complexity index is 865. The Morgan fingerprint density at radius 3 is 2.21 bits per heavy atom. The zero-order valence-electron chi connectivity index (χ0n) is 16.4. The molecular formula is C20H24F3N5O. The number of alkyl halides is 3. The maximum absolute atomic E-state index is 12.6. The third kappa shape index (κ3) is 4.71. The molecule has 29 heavy (non-hydrogen) atoms. The third-order valence-corrected chi connectivity index (χ3v) is 5.68. The van der Waals surface area contributed by atoms with E-state index in [1.54, 1.807) is 6.07 Å². The van der Waals surface area contributed by atoms with Crippen molar-refractivity contribution in [1.82, 2.24) is 15.0 Å². The molecule has 1 heterocycles. The van der Waals surface area contributed by atoms with Gasteiger partial charge in [-0.1, -0.05) is 12.1 Å². The molecule has 0 spiro atoms. The Morgan fingerprint density at radius 1 is 1.03 bits per heavy atom. The molecule has 2 saturated carbocycles. The summed E-state index contributed by atoms with van der Waals surface area (Å²) < 4.78 is 41.7. The van der Waals surface area contributed by atoms with Crippen LogP contribution in [0.4, 0.5) is 25.1 Å². The topological polar surface area (TPSA) is 77.2 Å². The van der Waals surface area contributed by atoms with E-state index in [2.05, 4.69) is 38.4 Å². The van der Waals surface area contributed by atoms with Gasteiger partial charge in [-0.25, -0.2) is 0 Å². The molecule has 2 fully saturated rings. The highest BCUT2D eigenvalue weighted by Gasteiger charge is 2.40. The molecule has 2 aliphatic rings. The first-order valence-electron chi connectivity index (χ1n) is 9.87. The van der Waals surface area contributed by atoms with Gasteiger partial charge >= 0.3 is 6.36 Å². The van der Waals surface area contributed by atoms with Crippen LogP contribution in [0.5, 0.6) is 5.75 Å². The monoisotopic (exact) mass is 407 g/mol. The van der Waals surface area contributed by atoms with Crippen LogP contribution in [0.2, 0.25) is 0 Å². The SMILES string of the molecule is C[C@H](C1CC1)N(c1nc(N)nc(-c2cccc(OC(F)(F)F)c2)n1)[C@H](C)C1CC1. The molecule has 2 N–H and O–H groups in total. The van der Waals surface area contributed by atoms with Crippen LogP contribution in [0.1, 0.15) is 39.5 Å². The lowest BCUT2D eigenvalue weighted by atomic mass is 10.1. The molecule has 9 heteroatoms. The molecule has 1 aromatic heterocycles. The molecule has 0 radical (unpaired) electrons. The summed E-state index contributed by atoms with van der Waals surface area (Å²) in [4.78, 5) is 15.3. The largest absolute Gasteiger partial charge is 0.573 e. The smallest absolute Gasteiger partial charge is 0.406 e. The van der Waals surface area contributed by atoms with Gasteiger partial charge in [-0.2, -0.15) is 15.0 Å². The highest BCUT2D eigenvalue weighted by molar-refractivity contribution is 5.60. The molecular weight excluding hydrogens is 383 g/mol. The van der Waals surface area contributed by atoms with Gasteiger partial charge in [0.2, 0.25) is 11.9 Å². The average molecular weight is 407 g/mol. The fourth-order valence-electron chi connectivity index (χ4n) is 3.80. The standard InChI is InChI=1S/C20H24F3N5O/c1-11(13-6-7-13)28(12(2)14-8-9-14)19-26-17(25-18(24)27-19)15-4-3-5-16(10-15)29-20(21,22)23/h3-5,10-14H,6-9H2,1-2H3,(H2,24,25,26,27)/t11-,12-/m1/s1. The maximum Gasteiger partial charge on any atom is 0.573 e. The van der Waals surface area contributed by atoms with E-state index in [1.165, 1.54) is 43.9 Å². The van der Waals surface area contributed by atoms with Crippen molar-refractivity contribution in [3.05, 3.63) is 24.3 Å². The van der Waals surface area contributed by atoms with E-state index in [0.717, 1.165) is 0 Å². The van der Waals surface area contributed by atoms with Gasteiger partial charge in [0, 0.05) is 17.6 Å². The van der Waals surface area contributed by atoms with Gasteiger partial charge in [0.25, 0.3) is 0 Å². The molecule has 1 aromatic carbocycles. The minimum Gasteiger partial charge on any atom is -0.406 e. The number of nitrogens with two attached hydrogens (primary N) is 1. The lowest BCUT2D eigenvalue weighted by Gasteiger charge is -2.35. The highest BCUT2D eigenvalue weighted by atomic mass is 19.4. The van der Waals surface area contributed by atoms with Gasteiger partial charge in [0.15, 0.2) is 5.82 Å². The third-order valence-electron chi connectivity index (χ3n) is 5.68. The van der Waals surface area contributed by atoms with E-state index < -0.39 is 6.36 Å². The molecule has 0 saturated heterocycles. The summed E-state index contributed by atoms with van der Waals surface area (Å²) >= 11 is 0. The van der Waals surface area contributed by atoms with Crippen LogP contribution in [0, 0.1) is 11.8 Å². The van der Waals surface area contributed by atoms with Crippen LogP contribution in [0.25, 0.3) is 11.4 Å². The number of nitrogens with zero attached hydrogens (tertiary/aromatic N) is 4. The molecule has 2 atom stereocenters. The van der Waals surface area contributed by atoms with Gasteiger partial charge in [0.05, 0.1) is 0 Å². The van der Waals surface area contributed by atoms with E-state index in [-0.39, 0.29) is 29.6 Å². The van der Waals surface area contributed by atoms with Crippen LogP contribution in [-0.4, -0.2) is 33.4 Å². The number of hydrogen-bond donors (Lipinski definition) is 1. The Morgan fingerprint density at radius 2 is 1.66 bits per heavy atom. The summed E-state index contributed by atoms with van der Waals surface area (Å²) in [6, 6.07) is 6.11.